The van der Waals surface area contributed by atoms with Gasteiger partial charge in [0.25, 0.3) is 5.91 Å². The smallest absolute Gasteiger partial charge is 0.344 e. The Morgan fingerprint density at radius 3 is 2.55 bits per heavy atom. The fourth-order valence-electron chi connectivity index (χ4n) is 2.34. The summed E-state index contributed by atoms with van der Waals surface area (Å²) in [6.45, 7) is 4.99. The molecule has 6 nitrogen and oxygen atoms in total. The minimum atomic E-state index is -0.921. The number of ether oxygens (including phenoxy) is 3. The van der Waals surface area contributed by atoms with Crippen molar-refractivity contribution >= 4 is 27.8 Å². The molecule has 0 unspecified atom stereocenters. The molecular formula is C21H21BrFNO5. The van der Waals surface area contributed by atoms with Crippen molar-refractivity contribution in [2.24, 2.45) is 0 Å². The molecule has 0 aromatic heterocycles. The van der Waals surface area contributed by atoms with Crippen molar-refractivity contribution in [3.8, 4) is 11.5 Å². The maximum atomic E-state index is 14.6. The number of esters is 1. The van der Waals surface area contributed by atoms with Crippen LogP contribution in [0, 0.1) is 0 Å². The molecule has 0 aliphatic rings. The fourth-order valence-corrected chi connectivity index (χ4v) is 2.60. The van der Waals surface area contributed by atoms with E-state index in [1.165, 1.54) is 12.1 Å². The highest BCUT2D eigenvalue weighted by atomic mass is 79.9. The van der Waals surface area contributed by atoms with Crippen molar-refractivity contribution in [2.45, 2.75) is 13.5 Å². The third-order valence-electron chi connectivity index (χ3n) is 3.66. The third kappa shape index (κ3) is 6.90. The van der Waals surface area contributed by atoms with Gasteiger partial charge in [-0.1, -0.05) is 45.2 Å². The molecule has 2 aromatic rings. The molecule has 0 saturated heterocycles. The summed E-state index contributed by atoms with van der Waals surface area (Å²) in [5.41, 5.74) is 0.535. The van der Waals surface area contributed by atoms with E-state index >= 15 is 0 Å². The predicted octanol–water partition coefficient (Wildman–Crippen LogP) is 4.48. The zero-order valence-electron chi connectivity index (χ0n) is 15.9. The SMILES string of the molecule is C=CCOc1ccc(OCC(=O)OCC)c(C(=O)N(F)Cc2ccc(Br)cc2)c1. The summed E-state index contributed by atoms with van der Waals surface area (Å²) >= 11 is 3.31. The van der Waals surface area contributed by atoms with Gasteiger partial charge in [0, 0.05) is 4.47 Å². The monoisotopic (exact) mass is 465 g/mol. The average molecular weight is 466 g/mol. The first-order valence-corrected chi connectivity index (χ1v) is 9.62. The molecule has 29 heavy (non-hydrogen) atoms. The van der Waals surface area contributed by atoms with Crippen molar-refractivity contribution in [3.63, 3.8) is 0 Å². The summed E-state index contributed by atoms with van der Waals surface area (Å²) in [4.78, 5) is 24.3. The van der Waals surface area contributed by atoms with E-state index in [4.69, 9.17) is 14.2 Å². The van der Waals surface area contributed by atoms with Crippen LogP contribution in [-0.4, -0.2) is 36.8 Å². The van der Waals surface area contributed by atoms with E-state index in [2.05, 4.69) is 22.5 Å². The first-order chi connectivity index (χ1) is 13.9. The van der Waals surface area contributed by atoms with E-state index in [-0.39, 0.29) is 36.2 Å². The molecule has 2 rings (SSSR count). The molecule has 0 radical (unpaired) electrons. The van der Waals surface area contributed by atoms with E-state index in [9.17, 15) is 14.1 Å². The van der Waals surface area contributed by atoms with Crippen LogP contribution in [0.2, 0.25) is 0 Å². The fraction of sp³-hybridized carbons (Fsp3) is 0.238. The van der Waals surface area contributed by atoms with Gasteiger partial charge in [-0.15, -0.1) is 0 Å². The summed E-state index contributed by atoms with van der Waals surface area (Å²) in [5, 5.41) is 0.0765. The molecular weight excluding hydrogens is 445 g/mol. The van der Waals surface area contributed by atoms with Gasteiger partial charge < -0.3 is 14.2 Å². The third-order valence-corrected chi connectivity index (χ3v) is 4.18. The maximum absolute atomic E-state index is 14.6. The highest BCUT2D eigenvalue weighted by molar-refractivity contribution is 9.10. The number of carbonyl (C=O) groups is 2. The second kappa shape index (κ2) is 11.2. The molecule has 0 spiro atoms. The van der Waals surface area contributed by atoms with Crippen molar-refractivity contribution < 1.29 is 28.3 Å². The molecule has 0 N–H and O–H groups in total. The second-order valence-corrected chi connectivity index (χ2v) is 6.72. The standard InChI is InChI=1S/C21H21BrFNO5/c1-3-11-28-17-9-10-19(29-14-20(25)27-4-2)18(12-17)21(26)24(23)13-15-5-7-16(22)8-6-15/h3,5-10,12H,1,4,11,13-14H2,2H3. The molecule has 0 fully saturated rings. The summed E-state index contributed by atoms with van der Waals surface area (Å²) in [6, 6.07) is 11.3. The summed E-state index contributed by atoms with van der Waals surface area (Å²) in [7, 11) is 0. The van der Waals surface area contributed by atoms with Gasteiger partial charge in [-0.3, -0.25) is 4.79 Å². The molecule has 8 heteroatoms. The minimum Gasteiger partial charge on any atom is -0.490 e. The van der Waals surface area contributed by atoms with Crippen molar-refractivity contribution in [1.29, 1.82) is 0 Å². The Morgan fingerprint density at radius 1 is 1.17 bits per heavy atom. The van der Waals surface area contributed by atoms with Gasteiger partial charge >= 0.3 is 5.97 Å². The minimum absolute atomic E-state index is 0.0486. The molecule has 2 aromatic carbocycles. The van der Waals surface area contributed by atoms with Crippen molar-refractivity contribution in [3.05, 3.63) is 70.7 Å². The van der Waals surface area contributed by atoms with E-state index in [1.807, 2.05) is 0 Å². The first-order valence-electron chi connectivity index (χ1n) is 8.82. The molecule has 0 heterocycles. The summed E-state index contributed by atoms with van der Waals surface area (Å²) < 4.78 is 31.1. The van der Waals surface area contributed by atoms with Crippen LogP contribution in [0.15, 0.2) is 59.6 Å². The number of rotatable bonds is 10. The lowest BCUT2D eigenvalue weighted by Gasteiger charge is -2.16. The Labute approximate surface area is 176 Å². The van der Waals surface area contributed by atoms with Gasteiger partial charge in [-0.05, 0) is 42.8 Å². The molecule has 0 bridgehead atoms. The van der Waals surface area contributed by atoms with Crippen LogP contribution in [-0.2, 0) is 16.1 Å². The maximum Gasteiger partial charge on any atom is 0.344 e. The molecule has 1 amide bonds. The Hall–Kier alpha value is -2.87. The largest absolute Gasteiger partial charge is 0.490 e. The highest BCUT2D eigenvalue weighted by Crippen LogP contribution is 2.27. The Kier molecular flexibility index (Phi) is 8.67. The van der Waals surface area contributed by atoms with E-state index in [1.54, 1.807) is 43.3 Å². The average Bonchev–Trinajstić information content (AvgIpc) is 2.72. The van der Waals surface area contributed by atoms with Crippen LogP contribution < -0.4 is 9.47 Å². The zero-order valence-corrected chi connectivity index (χ0v) is 17.5. The van der Waals surface area contributed by atoms with Gasteiger partial charge in [-0.2, -0.15) is 5.12 Å². The van der Waals surface area contributed by atoms with Gasteiger partial charge in [0.2, 0.25) is 0 Å². The Balaban J connectivity index is 2.21. The van der Waals surface area contributed by atoms with Crippen LogP contribution in [0.1, 0.15) is 22.8 Å². The summed E-state index contributed by atoms with van der Waals surface area (Å²) in [5.74, 6) is -1.12. The quantitative estimate of drug-likeness (QED) is 0.294. The topological polar surface area (TPSA) is 65.1 Å². The van der Waals surface area contributed by atoms with Gasteiger partial charge in [0.05, 0.1) is 18.7 Å². The van der Waals surface area contributed by atoms with E-state index in [0.29, 0.717) is 11.3 Å². The molecule has 0 saturated carbocycles. The first kappa shape index (κ1) is 22.4. The lowest BCUT2D eigenvalue weighted by Crippen LogP contribution is -2.24. The molecule has 0 aliphatic carbocycles. The zero-order chi connectivity index (χ0) is 21.2. The van der Waals surface area contributed by atoms with Crippen LogP contribution >= 0.6 is 15.9 Å². The number of hydrogen-bond donors (Lipinski definition) is 0. The van der Waals surface area contributed by atoms with E-state index < -0.39 is 18.5 Å². The number of amides is 1. The number of benzene rings is 2. The lowest BCUT2D eigenvalue weighted by molar-refractivity contribution is -0.145. The second-order valence-electron chi connectivity index (χ2n) is 5.80. The highest BCUT2D eigenvalue weighted by Gasteiger charge is 2.22. The van der Waals surface area contributed by atoms with Crippen molar-refractivity contribution in [2.75, 3.05) is 19.8 Å². The van der Waals surface area contributed by atoms with Crippen molar-refractivity contribution in [1.82, 2.24) is 5.12 Å². The van der Waals surface area contributed by atoms with Crippen LogP contribution in [0.4, 0.5) is 4.48 Å². The molecule has 0 aliphatic heterocycles. The number of hydrogen-bond acceptors (Lipinski definition) is 5. The van der Waals surface area contributed by atoms with Gasteiger partial charge in [0.15, 0.2) is 6.61 Å². The summed E-state index contributed by atoms with van der Waals surface area (Å²) in [6.07, 6.45) is 1.54. The number of carbonyl (C=O) groups excluding carboxylic acids is 2. The Bertz CT molecular complexity index is 857. The normalized spacial score (nSPS) is 10.2. The van der Waals surface area contributed by atoms with Crippen LogP contribution in [0.3, 0.4) is 0 Å². The number of nitrogens with zero attached hydrogens (tertiary/aromatic N) is 1. The Morgan fingerprint density at radius 2 is 1.90 bits per heavy atom. The van der Waals surface area contributed by atoms with Gasteiger partial charge in [0.1, 0.15) is 18.1 Å². The predicted molar refractivity (Wildman–Crippen MR) is 109 cm³/mol. The van der Waals surface area contributed by atoms with Gasteiger partial charge in [-0.25, -0.2) is 4.79 Å². The van der Waals surface area contributed by atoms with Crippen LogP contribution in [0.5, 0.6) is 11.5 Å². The molecule has 0 atom stereocenters. The van der Waals surface area contributed by atoms with E-state index in [0.717, 1.165) is 4.47 Å². The molecule has 154 valence electrons. The number of halogens is 2. The van der Waals surface area contributed by atoms with Crippen LogP contribution in [0.25, 0.3) is 0 Å². The lowest BCUT2D eigenvalue weighted by atomic mass is 10.1.